The standard InChI is InChI=1S/C19H22N4O4/c1-13-4-2-7-20-17(13)22-19(26)14-5-3-8-23(11-14)16(24)10-21-18(25)15-6-9-27-12-15/h2,4,6-7,9,12,14H,3,5,8,10-11H2,1H3,(H,21,25)(H,20,22,26). The Kier molecular flexibility index (Phi) is 5.85. The molecule has 3 heterocycles. The summed E-state index contributed by atoms with van der Waals surface area (Å²) in [5.41, 5.74) is 1.25. The Morgan fingerprint density at radius 3 is 2.93 bits per heavy atom. The van der Waals surface area contributed by atoms with E-state index in [1.54, 1.807) is 11.1 Å². The maximum Gasteiger partial charge on any atom is 0.254 e. The van der Waals surface area contributed by atoms with Gasteiger partial charge in [-0.3, -0.25) is 14.4 Å². The van der Waals surface area contributed by atoms with Crippen molar-refractivity contribution in [2.24, 2.45) is 5.92 Å². The summed E-state index contributed by atoms with van der Waals surface area (Å²) in [5.74, 6) is -0.476. The second-order valence-corrected chi connectivity index (χ2v) is 6.53. The van der Waals surface area contributed by atoms with Gasteiger partial charge in [0, 0.05) is 19.3 Å². The number of nitrogens with zero attached hydrogens (tertiary/aromatic N) is 2. The Balaban J connectivity index is 1.52. The molecule has 8 heteroatoms. The Labute approximate surface area is 156 Å². The zero-order chi connectivity index (χ0) is 19.2. The zero-order valence-electron chi connectivity index (χ0n) is 15.1. The van der Waals surface area contributed by atoms with E-state index >= 15 is 0 Å². The number of aryl methyl sites for hydroxylation is 1. The van der Waals surface area contributed by atoms with Crippen molar-refractivity contribution in [3.8, 4) is 0 Å². The van der Waals surface area contributed by atoms with E-state index in [4.69, 9.17) is 4.42 Å². The molecule has 1 aliphatic rings. The monoisotopic (exact) mass is 370 g/mol. The van der Waals surface area contributed by atoms with Gasteiger partial charge in [0.1, 0.15) is 12.1 Å². The Morgan fingerprint density at radius 2 is 2.19 bits per heavy atom. The van der Waals surface area contributed by atoms with Crippen molar-refractivity contribution >= 4 is 23.5 Å². The third kappa shape index (κ3) is 4.72. The van der Waals surface area contributed by atoms with Crippen molar-refractivity contribution in [2.45, 2.75) is 19.8 Å². The van der Waals surface area contributed by atoms with Crippen LogP contribution in [0.25, 0.3) is 0 Å². The van der Waals surface area contributed by atoms with Crippen molar-refractivity contribution in [1.29, 1.82) is 0 Å². The third-order valence-electron chi connectivity index (χ3n) is 4.58. The van der Waals surface area contributed by atoms with Crippen LogP contribution in [0.5, 0.6) is 0 Å². The van der Waals surface area contributed by atoms with Crippen molar-refractivity contribution in [1.82, 2.24) is 15.2 Å². The Morgan fingerprint density at radius 1 is 1.33 bits per heavy atom. The fraction of sp³-hybridized carbons (Fsp3) is 0.368. The number of anilines is 1. The number of piperidine rings is 1. The number of rotatable bonds is 5. The molecule has 2 aromatic rings. The number of carbonyl (C=O) groups is 3. The molecule has 2 aromatic heterocycles. The summed E-state index contributed by atoms with van der Waals surface area (Å²) in [6, 6.07) is 5.21. The summed E-state index contributed by atoms with van der Waals surface area (Å²) in [6.45, 7) is 2.67. The van der Waals surface area contributed by atoms with Gasteiger partial charge in [0.15, 0.2) is 0 Å². The number of hydrogen-bond acceptors (Lipinski definition) is 5. The van der Waals surface area contributed by atoms with Gasteiger partial charge in [-0.2, -0.15) is 0 Å². The number of nitrogens with one attached hydrogen (secondary N) is 2. The van der Waals surface area contributed by atoms with E-state index in [1.807, 2.05) is 19.1 Å². The predicted molar refractivity (Wildman–Crippen MR) is 97.9 cm³/mol. The summed E-state index contributed by atoms with van der Waals surface area (Å²) in [5, 5.41) is 5.41. The lowest BCUT2D eigenvalue weighted by molar-refractivity contribution is -0.133. The van der Waals surface area contributed by atoms with Crippen LogP contribution in [0.15, 0.2) is 41.3 Å². The van der Waals surface area contributed by atoms with Crippen LogP contribution in [-0.2, 0) is 9.59 Å². The van der Waals surface area contributed by atoms with E-state index in [1.165, 1.54) is 18.6 Å². The van der Waals surface area contributed by atoms with Gasteiger partial charge >= 0.3 is 0 Å². The quantitative estimate of drug-likeness (QED) is 0.832. The first kappa shape index (κ1) is 18.6. The largest absolute Gasteiger partial charge is 0.472 e. The second kappa shape index (κ2) is 8.48. The lowest BCUT2D eigenvalue weighted by Gasteiger charge is -2.32. The number of pyridine rings is 1. The molecule has 3 amide bonds. The van der Waals surface area contributed by atoms with Gasteiger partial charge in [-0.05, 0) is 37.5 Å². The smallest absolute Gasteiger partial charge is 0.254 e. The van der Waals surface area contributed by atoms with Crippen LogP contribution in [0.4, 0.5) is 5.82 Å². The molecule has 1 unspecified atom stereocenters. The van der Waals surface area contributed by atoms with Crippen LogP contribution in [0.3, 0.4) is 0 Å². The number of likely N-dealkylation sites (tertiary alicyclic amines) is 1. The van der Waals surface area contributed by atoms with Crippen molar-refractivity contribution in [3.63, 3.8) is 0 Å². The van der Waals surface area contributed by atoms with Crippen LogP contribution >= 0.6 is 0 Å². The summed E-state index contributed by atoms with van der Waals surface area (Å²) in [6.07, 6.45) is 5.79. The molecular weight excluding hydrogens is 348 g/mol. The summed E-state index contributed by atoms with van der Waals surface area (Å²) in [4.78, 5) is 42.6. The van der Waals surface area contributed by atoms with Gasteiger partial charge in [0.05, 0.1) is 24.3 Å². The lowest BCUT2D eigenvalue weighted by Crippen LogP contribution is -2.47. The topological polar surface area (TPSA) is 105 Å². The highest BCUT2D eigenvalue weighted by Crippen LogP contribution is 2.19. The van der Waals surface area contributed by atoms with E-state index in [-0.39, 0.29) is 30.2 Å². The van der Waals surface area contributed by atoms with Crippen molar-refractivity contribution in [2.75, 3.05) is 25.0 Å². The van der Waals surface area contributed by atoms with Gasteiger partial charge in [-0.15, -0.1) is 0 Å². The summed E-state index contributed by atoms with van der Waals surface area (Å²) < 4.78 is 4.85. The fourth-order valence-corrected chi connectivity index (χ4v) is 3.02. The minimum absolute atomic E-state index is 0.113. The molecule has 1 atom stereocenters. The number of furan rings is 1. The predicted octanol–water partition coefficient (Wildman–Crippen LogP) is 1.59. The van der Waals surface area contributed by atoms with Crippen molar-refractivity contribution in [3.05, 3.63) is 48.0 Å². The van der Waals surface area contributed by atoms with Gasteiger partial charge in [-0.25, -0.2) is 4.98 Å². The molecule has 0 radical (unpaired) electrons. The summed E-state index contributed by atoms with van der Waals surface area (Å²) >= 11 is 0. The maximum atomic E-state index is 12.5. The Bertz CT molecular complexity index is 819. The molecule has 1 aliphatic heterocycles. The highest BCUT2D eigenvalue weighted by atomic mass is 16.3. The minimum Gasteiger partial charge on any atom is -0.472 e. The average Bonchev–Trinajstić information content (AvgIpc) is 3.22. The highest BCUT2D eigenvalue weighted by Gasteiger charge is 2.29. The van der Waals surface area contributed by atoms with Crippen LogP contribution in [0, 0.1) is 12.8 Å². The molecule has 8 nitrogen and oxygen atoms in total. The van der Waals surface area contributed by atoms with Crippen LogP contribution in [0.2, 0.25) is 0 Å². The first-order chi connectivity index (χ1) is 13.0. The first-order valence-corrected chi connectivity index (χ1v) is 8.85. The molecule has 0 spiro atoms. The van der Waals surface area contributed by atoms with Crippen LogP contribution in [-0.4, -0.2) is 47.2 Å². The molecule has 1 fully saturated rings. The number of hydrogen-bond donors (Lipinski definition) is 2. The van der Waals surface area contributed by atoms with Gasteiger partial charge < -0.3 is 20.0 Å². The van der Waals surface area contributed by atoms with E-state index in [9.17, 15) is 14.4 Å². The van der Waals surface area contributed by atoms with E-state index < -0.39 is 0 Å². The number of carbonyl (C=O) groups excluding carboxylic acids is 3. The molecule has 0 bridgehead atoms. The molecular formula is C19H22N4O4. The molecule has 0 saturated carbocycles. The average molecular weight is 370 g/mol. The van der Waals surface area contributed by atoms with Gasteiger partial charge in [0.2, 0.25) is 11.8 Å². The zero-order valence-corrected chi connectivity index (χ0v) is 15.1. The van der Waals surface area contributed by atoms with Gasteiger partial charge in [-0.1, -0.05) is 6.07 Å². The van der Waals surface area contributed by atoms with E-state index in [2.05, 4.69) is 15.6 Å². The Hall–Kier alpha value is -3.16. The molecule has 142 valence electrons. The second-order valence-electron chi connectivity index (χ2n) is 6.53. The first-order valence-electron chi connectivity index (χ1n) is 8.85. The summed E-state index contributed by atoms with van der Waals surface area (Å²) in [7, 11) is 0. The minimum atomic E-state index is -0.367. The molecule has 2 N–H and O–H groups in total. The number of aromatic nitrogens is 1. The van der Waals surface area contributed by atoms with Crippen LogP contribution < -0.4 is 10.6 Å². The lowest BCUT2D eigenvalue weighted by atomic mass is 9.97. The molecule has 0 aliphatic carbocycles. The highest BCUT2D eigenvalue weighted by molar-refractivity contribution is 5.96. The fourth-order valence-electron chi connectivity index (χ4n) is 3.02. The van der Waals surface area contributed by atoms with E-state index in [0.29, 0.717) is 30.9 Å². The molecule has 27 heavy (non-hydrogen) atoms. The SMILES string of the molecule is Cc1cccnc1NC(=O)C1CCCN(C(=O)CNC(=O)c2ccoc2)C1. The van der Waals surface area contributed by atoms with Crippen molar-refractivity contribution < 1.29 is 18.8 Å². The molecule has 1 saturated heterocycles. The normalized spacial score (nSPS) is 16.6. The number of amides is 3. The van der Waals surface area contributed by atoms with Gasteiger partial charge in [0.25, 0.3) is 5.91 Å². The maximum absolute atomic E-state index is 12.5. The third-order valence-corrected chi connectivity index (χ3v) is 4.58. The van der Waals surface area contributed by atoms with Crippen LogP contribution in [0.1, 0.15) is 28.8 Å². The molecule has 0 aromatic carbocycles. The molecule has 3 rings (SSSR count). The van der Waals surface area contributed by atoms with E-state index in [0.717, 1.165) is 12.0 Å².